The molecule has 7 heteroatoms. The van der Waals surface area contributed by atoms with Crippen LogP contribution in [0.5, 0.6) is 0 Å². The second-order valence-electron chi connectivity index (χ2n) is 5.68. The lowest BCUT2D eigenvalue weighted by molar-refractivity contribution is -0.121. The molecule has 1 aromatic carbocycles. The number of benzene rings is 1. The van der Waals surface area contributed by atoms with Gasteiger partial charge in [-0.3, -0.25) is 4.79 Å². The summed E-state index contributed by atoms with van der Waals surface area (Å²) < 4.78 is 1.11. The van der Waals surface area contributed by atoms with Gasteiger partial charge in [0.2, 0.25) is 5.91 Å². The molecule has 1 aliphatic rings. The molecule has 2 heterocycles. The molecule has 1 fully saturated rings. The van der Waals surface area contributed by atoms with Crippen molar-refractivity contribution < 1.29 is 9.59 Å². The van der Waals surface area contributed by atoms with E-state index in [9.17, 15) is 9.59 Å². The van der Waals surface area contributed by atoms with Gasteiger partial charge in [-0.15, -0.1) is 5.10 Å². The number of nitrogens with zero attached hydrogens (tertiary/aromatic N) is 3. The van der Waals surface area contributed by atoms with E-state index >= 15 is 0 Å². The number of piperidine rings is 1. The molecule has 116 valence electrons. The number of rotatable bonds is 2. The Labute approximate surface area is 128 Å². The fraction of sp³-hybridized carbons (Fsp3) is 0.400. The molecule has 0 bridgehead atoms. The summed E-state index contributed by atoms with van der Waals surface area (Å²) in [6.45, 7) is 1.82. The maximum Gasteiger partial charge on any atom is 0.340 e. The molecule has 0 spiro atoms. The number of nitrogens with two attached hydrogens (primary N) is 1. The topological polar surface area (TPSA) is 93.2 Å². The van der Waals surface area contributed by atoms with Gasteiger partial charge in [-0.05, 0) is 45.1 Å². The van der Waals surface area contributed by atoms with E-state index in [1.54, 1.807) is 12.1 Å². The minimum Gasteiger partial charge on any atom is -0.350 e. The third-order valence-electron chi connectivity index (χ3n) is 4.13. The maximum atomic E-state index is 12.4. The molecule has 22 heavy (non-hydrogen) atoms. The van der Waals surface area contributed by atoms with Crippen LogP contribution in [0, 0.1) is 5.92 Å². The van der Waals surface area contributed by atoms with Crippen LogP contribution < -0.4 is 11.1 Å². The quantitative estimate of drug-likeness (QED) is 0.873. The van der Waals surface area contributed by atoms with Gasteiger partial charge in [0.15, 0.2) is 5.82 Å². The Morgan fingerprint density at radius 3 is 2.64 bits per heavy atom. The summed E-state index contributed by atoms with van der Waals surface area (Å²) in [6, 6.07) is 6.52. The van der Waals surface area contributed by atoms with Crippen LogP contribution in [-0.2, 0) is 4.79 Å². The van der Waals surface area contributed by atoms with E-state index in [-0.39, 0.29) is 11.8 Å². The molecule has 0 unspecified atom stereocenters. The summed E-state index contributed by atoms with van der Waals surface area (Å²) in [5.74, 6) is 0.319. The Balaban J connectivity index is 1.85. The van der Waals surface area contributed by atoms with Crippen LogP contribution in [0.15, 0.2) is 24.3 Å². The van der Waals surface area contributed by atoms with Crippen molar-refractivity contribution in [2.24, 2.45) is 11.7 Å². The predicted molar refractivity (Wildman–Crippen MR) is 83.6 cm³/mol. The van der Waals surface area contributed by atoms with E-state index in [2.05, 4.69) is 22.4 Å². The molecule has 1 aliphatic heterocycles. The van der Waals surface area contributed by atoms with Crippen LogP contribution in [0.1, 0.15) is 12.8 Å². The lowest BCUT2D eigenvalue weighted by Crippen LogP contribution is -2.36. The molecule has 2 amide bonds. The summed E-state index contributed by atoms with van der Waals surface area (Å²) in [7, 11) is 2.05. The number of amides is 2. The number of para-hydroxylation sites is 1. The number of primary amides is 1. The first-order valence-corrected chi connectivity index (χ1v) is 7.33. The van der Waals surface area contributed by atoms with Gasteiger partial charge in [0.05, 0.1) is 5.52 Å². The molecule has 0 atom stereocenters. The first-order valence-electron chi connectivity index (χ1n) is 7.33. The van der Waals surface area contributed by atoms with Gasteiger partial charge in [-0.1, -0.05) is 12.1 Å². The average Bonchev–Trinajstić information content (AvgIpc) is 2.87. The van der Waals surface area contributed by atoms with E-state index in [4.69, 9.17) is 5.73 Å². The zero-order valence-electron chi connectivity index (χ0n) is 12.5. The van der Waals surface area contributed by atoms with Gasteiger partial charge in [-0.2, -0.15) is 4.68 Å². The van der Waals surface area contributed by atoms with Crippen LogP contribution >= 0.6 is 0 Å². The summed E-state index contributed by atoms with van der Waals surface area (Å²) >= 11 is 0. The Morgan fingerprint density at radius 2 is 1.95 bits per heavy atom. The van der Waals surface area contributed by atoms with Gasteiger partial charge >= 0.3 is 6.03 Å². The number of carbonyl (C=O) groups excluding carboxylic acids is 2. The van der Waals surface area contributed by atoms with Crippen molar-refractivity contribution in [1.82, 2.24) is 14.7 Å². The zero-order valence-corrected chi connectivity index (χ0v) is 12.5. The summed E-state index contributed by atoms with van der Waals surface area (Å²) in [6.07, 6.45) is 1.66. The standard InChI is InChI=1S/C15H19N5O2/c1-19-8-6-10(7-9-19)14(21)17-13-11-4-2-3-5-12(11)20(18-13)15(16)22/h2-5,10H,6-9H2,1H3,(H2,16,22)(H,17,18,21). The molecule has 0 radical (unpaired) electrons. The highest BCUT2D eigenvalue weighted by Gasteiger charge is 2.25. The SMILES string of the molecule is CN1CCC(C(=O)Nc2nn(C(N)=O)c3ccccc23)CC1. The minimum atomic E-state index is -0.670. The Kier molecular flexibility index (Phi) is 3.81. The number of likely N-dealkylation sites (tertiary alicyclic amines) is 1. The zero-order chi connectivity index (χ0) is 15.7. The largest absolute Gasteiger partial charge is 0.350 e. The number of aromatic nitrogens is 2. The maximum absolute atomic E-state index is 12.4. The van der Waals surface area contributed by atoms with Gasteiger partial charge in [0.25, 0.3) is 0 Å². The number of carbonyl (C=O) groups is 2. The Hall–Kier alpha value is -2.41. The van der Waals surface area contributed by atoms with Crippen molar-refractivity contribution in [1.29, 1.82) is 0 Å². The number of hydrogen-bond donors (Lipinski definition) is 2. The highest BCUT2D eigenvalue weighted by molar-refractivity contribution is 6.03. The molecule has 0 saturated carbocycles. The van der Waals surface area contributed by atoms with Crippen LogP contribution in [-0.4, -0.2) is 46.8 Å². The molecular weight excluding hydrogens is 282 g/mol. The normalized spacial score (nSPS) is 16.8. The fourth-order valence-corrected chi connectivity index (χ4v) is 2.82. The number of fused-ring (bicyclic) bond motifs is 1. The van der Waals surface area contributed by atoms with Gasteiger partial charge in [0.1, 0.15) is 0 Å². The number of nitrogens with one attached hydrogen (secondary N) is 1. The average molecular weight is 301 g/mol. The van der Waals surface area contributed by atoms with Gasteiger partial charge < -0.3 is 16.0 Å². The van der Waals surface area contributed by atoms with Gasteiger partial charge in [0, 0.05) is 11.3 Å². The Bertz CT molecular complexity index is 716. The molecule has 1 saturated heterocycles. The van der Waals surface area contributed by atoms with Crippen molar-refractivity contribution in [3.63, 3.8) is 0 Å². The van der Waals surface area contributed by atoms with Crippen LogP contribution in [0.25, 0.3) is 10.9 Å². The lowest BCUT2D eigenvalue weighted by atomic mass is 9.96. The molecule has 1 aromatic heterocycles. The second kappa shape index (κ2) is 5.76. The molecular formula is C15H19N5O2. The van der Waals surface area contributed by atoms with Crippen LogP contribution in [0.4, 0.5) is 10.6 Å². The lowest BCUT2D eigenvalue weighted by Gasteiger charge is -2.27. The molecule has 2 aromatic rings. The Morgan fingerprint density at radius 1 is 1.27 bits per heavy atom. The van der Waals surface area contributed by atoms with Crippen molar-refractivity contribution in [2.75, 3.05) is 25.5 Å². The molecule has 0 aliphatic carbocycles. The summed E-state index contributed by atoms with van der Waals surface area (Å²) in [4.78, 5) is 26.1. The van der Waals surface area contributed by atoms with Crippen LogP contribution in [0.2, 0.25) is 0 Å². The second-order valence-corrected chi connectivity index (χ2v) is 5.68. The predicted octanol–water partition coefficient (Wildman–Crippen LogP) is 1.24. The van der Waals surface area contributed by atoms with Crippen molar-refractivity contribution in [2.45, 2.75) is 12.8 Å². The van der Waals surface area contributed by atoms with Crippen molar-refractivity contribution in [3.05, 3.63) is 24.3 Å². The monoisotopic (exact) mass is 301 g/mol. The molecule has 3 rings (SSSR count). The fourth-order valence-electron chi connectivity index (χ4n) is 2.82. The van der Waals surface area contributed by atoms with Gasteiger partial charge in [-0.25, -0.2) is 4.79 Å². The minimum absolute atomic E-state index is 0.0197. The van der Waals surface area contributed by atoms with E-state index in [0.717, 1.165) is 30.6 Å². The van der Waals surface area contributed by atoms with Crippen molar-refractivity contribution in [3.8, 4) is 0 Å². The third-order valence-corrected chi connectivity index (χ3v) is 4.13. The first-order chi connectivity index (χ1) is 10.6. The highest BCUT2D eigenvalue weighted by atomic mass is 16.2. The summed E-state index contributed by atoms with van der Waals surface area (Å²) in [5.41, 5.74) is 5.92. The smallest absolute Gasteiger partial charge is 0.340 e. The third kappa shape index (κ3) is 2.67. The number of anilines is 1. The first kappa shape index (κ1) is 14.5. The van der Waals surface area contributed by atoms with Crippen LogP contribution in [0.3, 0.4) is 0 Å². The van der Waals surface area contributed by atoms with Crippen molar-refractivity contribution >= 4 is 28.7 Å². The van der Waals surface area contributed by atoms with E-state index in [1.165, 1.54) is 0 Å². The van der Waals surface area contributed by atoms with E-state index in [0.29, 0.717) is 16.7 Å². The van der Waals surface area contributed by atoms with E-state index < -0.39 is 6.03 Å². The summed E-state index contributed by atoms with van der Waals surface area (Å²) in [5, 5.41) is 7.70. The van der Waals surface area contributed by atoms with E-state index in [1.807, 2.05) is 12.1 Å². The molecule has 7 nitrogen and oxygen atoms in total. The molecule has 3 N–H and O–H groups in total. The highest BCUT2D eigenvalue weighted by Crippen LogP contribution is 2.24. The number of hydrogen-bond acceptors (Lipinski definition) is 4.